The van der Waals surface area contributed by atoms with E-state index in [1.165, 1.54) is 29.3 Å². The summed E-state index contributed by atoms with van der Waals surface area (Å²) in [7, 11) is 0. The molecule has 2 unspecified atom stereocenters. The molecule has 6 nitrogen and oxygen atoms in total. The topological polar surface area (TPSA) is 65.1 Å². The summed E-state index contributed by atoms with van der Waals surface area (Å²) in [5, 5.41) is 0. The van der Waals surface area contributed by atoms with Crippen LogP contribution < -0.4 is 4.74 Å². The highest BCUT2D eigenvalue weighted by atomic mass is 19.1. The summed E-state index contributed by atoms with van der Waals surface area (Å²) in [5.41, 5.74) is 4.93. The molecule has 2 bridgehead atoms. The molecule has 0 saturated carbocycles. The molecule has 1 amide bonds. The van der Waals surface area contributed by atoms with Crippen LogP contribution in [-0.2, 0) is 9.47 Å². The van der Waals surface area contributed by atoms with Crippen molar-refractivity contribution in [2.45, 2.75) is 37.8 Å². The summed E-state index contributed by atoms with van der Waals surface area (Å²) in [6, 6.07) is 20.0. The Kier molecular flexibility index (Phi) is 6.62. The number of nitrogens with zero attached hydrogens (tertiary/aromatic N) is 1. The summed E-state index contributed by atoms with van der Waals surface area (Å²) in [6.07, 6.45) is 0.486. The molecule has 2 atom stereocenters. The van der Waals surface area contributed by atoms with Gasteiger partial charge < -0.3 is 14.2 Å². The molecule has 2 fully saturated rings. The molecule has 1 aliphatic carbocycles. The summed E-state index contributed by atoms with van der Waals surface area (Å²) in [5.74, 6) is -0.619. The third-order valence-corrected chi connectivity index (χ3v) is 7.95. The van der Waals surface area contributed by atoms with Crippen LogP contribution in [0.15, 0.2) is 66.7 Å². The molecule has 0 spiro atoms. The van der Waals surface area contributed by atoms with E-state index in [4.69, 9.17) is 14.2 Å². The second-order valence-corrected chi connectivity index (χ2v) is 10.2. The number of piperidine rings is 1. The average Bonchev–Trinajstić information content (AvgIpc) is 3.25. The zero-order chi connectivity index (χ0) is 26.2. The Morgan fingerprint density at radius 1 is 0.947 bits per heavy atom. The lowest BCUT2D eigenvalue weighted by atomic mass is 9.80. The highest BCUT2D eigenvalue weighted by molar-refractivity contribution is 6.00. The first-order chi connectivity index (χ1) is 18.5. The monoisotopic (exact) mass is 515 g/mol. The molecular weight excluding hydrogens is 485 g/mol. The van der Waals surface area contributed by atoms with Crippen LogP contribution in [-0.4, -0.2) is 55.3 Å². The standard InChI is InChI=1S/C31H30FNO5/c1-2-37-29-12-11-20(32)15-27(29)30(34)19-13-21-16-36-17-22(14-19)33(21)31(35)38-18-28-25-9-5-3-7-23(25)24-8-4-6-10-26(24)28/h3-12,15,19,21-22,28H,2,13-14,16-18H2,1H3. The average molecular weight is 516 g/mol. The van der Waals surface area contributed by atoms with Crippen LogP contribution >= 0.6 is 0 Å². The Hall–Kier alpha value is -3.71. The quantitative estimate of drug-likeness (QED) is 0.386. The Labute approximate surface area is 221 Å². The molecule has 2 saturated heterocycles. The molecule has 0 aromatic heterocycles. The number of fused-ring (bicyclic) bond motifs is 5. The molecule has 38 heavy (non-hydrogen) atoms. The van der Waals surface area contributed by atoms with Crippen molar-refractivity contribution in [3.05, 3.63) is 89.2 Å². The Bertz CT molecular complexity index is 1310. The maximum absolute atomic E-state index is 14.0. The lowest BCUT2D eigenvalue weighted by Crippen LogP contribution is -2.60. The summed E-state index contributed by atoms with van der Waals surface area (Å²) in [6.45, 7) is 3.13. The van der Waals surface area contributed by atoms with E-state index < -0.39 is 5.82 Å². The minimum Gasteiger partial charge on any atom is -0.493 e. The van der Waals surface area contributed by atoms with E-state index in [9.17, 15) is 14.0 Å². The van der Waals surface area contributed by atoms with Gasteiger partial charge in [-0.1, -0.05) is 48.5 Å². The Morgan fingerprint density at radius 2 is 1.58 bits per heavy atom. The molecule has 2 heterocycles. The number of carbonyl (C=O) groups excluding carboxylic acids is 2. The fraction of sp³-hybridized carbons (Fsp3) is 0.355. The highest BCUT2D eigenvalue weighted by Gasteiger charge is 2.45. The van der Waals surface area contributed by atoms with Gasteiger partial charge in [0, 0.05) is 11.8 Å². The predicted molar refractivity (Wildman–Crippen MR) is 140 cm³/mol. The maximum Gasteiger partial charge on any atom is 0.410 e. The minimum atomic E-state index is -0.476. The number of carbonyl (C=O) groups is 2. The first-order valence-electron chi connectivity index (χ1n) is 13.2. The summed E-state index contributed by atoms with van der Waals surface area (Å²) < 4.78 is 31.3. The van der Waals surface area contributed by atoms with Crippen LogP contribution in [0.3, 0.4) is 0 Å². The van der Waals surface area contributed by atoms with Crippen LogP contribution in [0.2, 0.25) is 0 Å². The number of halogens is 1. The van der Waals surface area contributed by atoms with Crippen molar-refractivity contribution in [3.63, 3.8) is 0 Å². The first-order valence-corrected chi connectivity index (χ1v) is 13.2. The summed E-state index contributed by atoms with van der Waals surface area (Å²) >= 11 is 0. The van der Waals surface area contributed by atoms with Crippen LogP contribution in [0, 0.1) is 11.7 Å². The molecule has 196 valence electrons. The minimum absolute atomic E-state index is 0.0217. The number of ether oxygens (including phenoxy) is 3. The van der Waals surface area contributed by atoms with Gasteiger partial charge in [0.25, 0.3) is 0 Å². The van der Waals surface area contributed by atoms with Crippen molar-refractivity contribution in [1.82, 2.24) is 4.90 Å². The van der Waals surface area contributed by atoms with E-state index in [0.717, 1.165) is 11.1 Å². The third-order valence-electron chi connectivity index (χ3n) is 7.95. The zero-order valence-electron chi connectivity index (χ0n) is 21.3. The van der Waals surface area contributed by atoms with Gasteiger partial charge in [0.2, 0.25) is 0 Å². The van der Waals surface area contributed by atoms with Crippen LogP contribution in [0.4, 0.5) is 9.18 Å². The number of ketones is 1. The number of benzene rings is 3. The molecular formula is C31H30FNO5. The van der Waals surface area contributed by atoms with Crippen molar-refractivity contribution in [1.29, 1.82) is 0 Å². The molecule has 3 aliphatic rings. The smallest absolute Gasteiger partial charge is 0.410 e. The van der Waals surface area contributed by atoms with Gasteiger partial charge in [0.05, 0.1) is 37.5 Å². The van der Waals surface area contributed by atoms with E-state index in [1.54, 1.807) is 4.90 Å². The second-order valence-electron chi connectivity index (χ2n) is 10.2. The van der Waals surface area contributed by atoms with Gasteiger partial charge in [-0.05, 0) is 60.2 Å². The normalized spacial score (nSPS) is 21.9. The Morgan fingerprint density at radius 3 is 2.21 bits per heavy atom. The van der Waals surface area contributed by atoms with Gasteiger partial charge in [-0.3, -0.25) is 9.69 Å². The molecule has 7 heteroatoms. The van der Waals surface area contributed by atoms with Crippen molar-refractivity contribution in [2.24, 2.45) is 5.92 Å². The van der Waals surface area contributed by atoms with E-state index in [-0.39, 0.29) is 48.0 Å². The predicted octanol–water partition coefficient (Wildman–Crippen LogP) is 5.84. The number of amides is 1. The number of morpholine rings is 1. The van der Waals surface area contributed by atoms with Crippen molar-refractivity contribution >= 4 is 11.9 Å². The highest BCUT2D eigenvalue weighted by Crippen LogP contribution is 2.45. The molecule has 3 aromatic carbocycles. The van der Waals surface area contributed by atoms with Crippen molar-refractivity contribution in [2.75, 3.05) is 26.4 Å². The van der Waals surface area contributed by atoms with Gasteiger partial charge in [0.1, 0.15) is 18.2 Å². The largest absolute Gasteiger partial charge is 0.493 e. The number of hydrogen-bond acceptors (Lipinski definition) is 5. The van der Waals surface area contributed by atoms with Crippen LogP contribution in [0.1, 0.15) is 47.2 Å². The van der Waals surface area contributed by atoms with Gasteiger partial charge in [0.15, 0.2) is 5.78 Å². The van der Waals surface area contributed by atoms with E-state index >= 15 is 0 Å². The SMILES string of the molecule is CCOc1ccc(F)cc1C(=O)C1CC2COCC(C1)N2C(=O)OCC1c2ccccc2-c2ccccc21. The number of Topliss-reactive ketones (excluding diaryl/α,β-unsaturated/α-hetero) is 1. The zero-order valence-corrected chi connectivity index (χ0v) is 21.3. The van der Waals surface area contributed by atoms with E-state index in [2.05, 4.69) is 24.3 Å². The third kappa shape index (κ3) is 4.35. The fourth-order valence-electron chi connectivity index (χ4n) is 6.29. The lowest BCUT2D eigenvalue weighted by molar-refractivity contribution is -0.0748. The maximum atomic E-state index is 14.0. The fourth-order valence-corrected chi connectivity index (χ4v) is 6.29. The van der Waals surface area contributed by atoms with E-state index in [0.29, 0.717) is 38.4 Å². The van der Waals surface area contributed by atoms with E-state index in [1.807, 2.05) is 31.2 Å². The number of rotatable bonds is 6. The molecule has 6 rings (SSSR count). The van der Waals surface area contributed by atoms with Gasteiger partial charge in [-0.2, -0.15) is 0 Å². The molecule has 2 aliphatic heterocycles. The first kappa shape index (κ1) is 24.6. The second kappa shape index (κ2) is 10.2. The van der Waals surface area contributed by atoms with Gasteiger partial charge >= 0.3 is 6.09 Å². The number of hydrogen-bond donors (Lipinski definition) is 0. The summed E-state index contributed by atoms with van der Waals surface area (Å²) in [4.78, 5) is 28.6. The van der Waals surface area contributed by atoms with Gasteiger partial charge in [-0.25, -0.2) is 9.18 Å². The van der Waals surface area contributed by atoms with Crippen LogP contribution in [0.25, 0.3) is 11.1 Å². The van der Waals surface area contributed by atoms with Crippen LogP contribution in [0.5, 0.6) is 5.75 Å². The molecule has 0 N–H and O–H groups in total. The Balaban J connectivity index is 1.17. The lowest BCUT2D eigenvalue weighted by Gasteiger charge is -2.47. The molecule has 3 aromatic rings. The molecule has 0 radical (unpaired) electrons. The van der Waals surface area contributed by atoms with Crippen molar-refractivity contribution < 1.29 is 28.2 Å². The van der Waals surface area contributed by atoms with Crippen molar-refractivity contribution in [3.8, 4) is 16.9 Å². The van der Waals surface area contributed by atoms with Gasteiger partial charge in [-0.15, -0.1) is 0 Å².